The summed E-state index contributed by atoms with van der Waals surface area (Å²) in [6, 6.07) is 3.78. The van der Waals surface area contributed by atoms with Gasteiger partial charge < -0.3 is 15.0 Å². The SMILES string of the molecule is C=CC(=O)N1CCOc2c1ccc1ncnc(NCCC3CC3)c21. The van der Waals surface area contributed by atoms with Gasteiger partial charge in [-0.3, -0.25) is 4.79 Å². The van der Waals surface area contributed by atoms with Crippen molar-refractivity contribution < 1.29 is 9.53 Å². The number of nitrogens with one attached hydrogen (secondary N) is 1. The van der Waals surface area contributed by atoms with Gasteiger partial charge >= 0.3 is 0 Å². The van der Waals surface area contributed by atoms with Crippen LogP contribution in [0.5, 0.6) is 5.75 Å². The quantitative estimate of drug-likeness (QED) is 0.857. The van der Waals surface area contributed by atoms with Crippen molar-refractivity contribution in [3.8, 4) is 5.75 Å². The summed E-state index contributed by atoms with van der Waals surface area (Å²) in [6.07, 6.45) is 6.72. The van der Waals surface area contributed by atoms with Gasteiger partial charge in [0.1, 0.15) is 18.8 Å². The molecule has 0 unspecified atom stereocenters. The number of hydrogen-bond acceptors (Lipinski definition) is 5. The summed E-state index contributed by atoms with van der Waals surface area (Å²) in [6.45, 7) is 5.43. The maximum absolute atomic E-state index is 12.1. The summed E-state index contributed by atoms with van der Waals surface area (Å²) < 4.78 is 5.89. The number of carbonyl (C=O) groups excluding carboxylic acids is 1. The lowest BCUT2D eigenvalue weighted by atomic mass is 10.1. The molecule has 0 radical (unpaired) electrons. The van der Waals surface area contributed by atoms with Crippen LogP contribution in [0.1, 0.15) is 19.3 Å². The number of aromatic nitrogens is 2. The molecule has 2 heterocycles. The van der Waals surface area contributed by atoms with E-state index in [9.17, 15) is 4.79 Å². The first-order valence-corrected chi connectivity index (χ1v) is 8.36. The van der Waals surface area contributed by atoms with Crippen LogP contribution in [0.15, 0.2) is 31.1 Å². The fourth-order valence-electron chi connectivity index (χ4n) is 3.10. The van der Waals surface area contributed by atoms with Crippen LogP contribution in [-0.2, 0) is 4.79 Å². The fraction of sp³-hybridized carbons (Fsp3) is 0.389. The summed E-state index contributed by atoms with van der Waals surface area (Å²) in [5, 5.41) is 4.25. The van der Waals surface area contributed by atoms with Crippen molar-refractivity contribution >= 4 is 28.3 Å². The van der Waals surface area contributed by atoms with Gasteiger partial charge in [-0.25, -0.2) is 9.97 Å². The van der Waals surface area contributed by atoms with Crippen molar-refractivity contribution in [2.75, 3.05) is 29.9 Å². The third kappa shape index (κ3) is 2.68. The van der Waals surface area contributed by atoms with Gasteiger partial charge in [0.05, 0.1) is 23.1 Å². The number of anilines is 2. The molecule has 6 heteroatoms. The molecule has 1 aliphatic carbocycles. The second kappa shape index (κ2) is 6.11. The molecule has 124 valence electrons. The van der Waals surface area contributed by atoms with E-state index >= 15 is 0 Å². The molecule has 1 N–H and O–H groups in total. The Bertz CT molecular complexity index is 801. The van der Waals surface area contributed by atoms with Gasteiger partial charge in [0.2, 0.25) is 0 Å². The largest absolute Gasteiger partial charge is 0.489 e. The van der Waals surface area contributed by atoms with Crippen LogP contribution in [0.4, 0.5) is 11.5 Å². The molecule has 0 saturated heterocycles. The van der Waals surface area contributed by atoms with Gasteiger partial charge in [-0.05, 0) is 30.5 Å². The topological polar surface area (TPSA) is 67.4 Å². The molecule has 1 saturated carbocycles. The maximum Gasteiger partial charge on any atom is 0.250 e. The number of benzene rings is 1. The Morgan fingerprint density at radius 1 is 1.42 bits per heavy atom. The predicted octanol–water partition coefficient (Wildman–Crippen LogP) is 2.75. The molecule has 2 aliphatic rings. The number of hydrogen-bond donors (Lipinski definition) is 1. The highest BCUT2D eigenvalue weighted by molar-refractivity contribution is 6.07. The highest BCUT2D eigenvalue weighted by Gasteiger charge is 2.26. The van der Waals surface area contributed by atoms with E-state index in [0.717, 1.165) is 41.3 Å². The van der Waals surface area contributed by atoms with Gasteiger partial charge in [-0.15, -0.1) is 0 Å². The third-order valence-corrected chi connectivity index (χ3v) is 4.57. The first kappa shape index (κ1) is 14.9. The molecule has 4 rings (SSSR count). The van der Waals surface area contributed by atoms with E-state index in [0.29, 0.717) is 18.9 Å². The Balaban J connectivity index is 1.74. The molecule has 1 aromatic carbocycles. The molecule has 6 nitrogen and oxygen atoms in total. The molecule has 24 heavy (non-hydrogen) atoms. The van der Waals surface area contributed by atoms with Crippen LogP contribution in [-0.4, -0.2) is 35.6 Å². The standard InChI is InChI=1S/C18H20N4O2/c1-2-15(23)22-9-10-24-17-14(22)6-5-13-16(17)18(21-11-20-13)19-8-7-12-3-4-12/h2,5-6,11-12H,1,3-4,7-10H2,(H,19,20,21). The Labute approximate surface area is 140 Å². The zero-order valence-electron chi connectivity index (χ0n) is 13.5. The Kier molecular flexibility index (Phi) is 3.80. The third-order valence-electron chi connectivity index (χ3n) is 4.57. The summed E-state index contributed by atoms with van der Waals surface area (Å²) in [5.41, 5.74) is 1.56. The van der Waals surface area contributed by atoms with Gasteiger partial charge in [0.15, 0.2) is 5.75 Å². The van der Waals surface area contributed by atoms with Crippen molar-refractivity contribution in [1.29, 1.82) is 0 Å². The molecule has 2 aromatic rings. The Morgan fingerprint density at radius 2 is 2.29 bits per heavy atom. The minimum atomic E-state index is -0.126. The molecule has 1 amide bonds. The van der Waals surface area contributed by atoms with Crippen LogP contribution >= 0.6 is 0 Å². The second-order valence-electron chi connectivity index (χ2n) is 6.23. The van der Waals surface area contributed by atoms with Crippen molar-refractivity contribution in [3.05, 3.63) is 31.1 Å². The van der Waals surface area contributed by atoms with Crippen LogP contribution in [0.25, 0.3) is 10.9 Å². The maximum atomic E-state index is 12.1. The normalized spacial score (nSPS) is 16.4. The molecule has 0 atom stereocenters. The first-order chi connectivity index (χ1) is 11.8. The van der Waals surface area contributed by atoms with Crippen molar-refractivity contribution in [1.82, 2.24) is 9.97 Å². The summed E-state index contributed by atoms with van der Waals surface area (Å²) in [7, 11) is 0. The number of carbonyl (C=O) groups is 1. The molecular weight excluding hydrogens is 304 g/mol. The van der Waals surface area contributed by atoms with Crippen LogP contribution in [0, 0.1) is 5.92 Å². The van der Waals surface area contributed by atoms with Crippen LogP contribution < -0.4 is 15.0 Å². The monoisotopic (exact) mass is 324 g/mol. The summed E-state index contributed by atoms with van der Waals surface area (Å²) in [4.78, 5) is 22.5. The number of amides is 1. The first-order valence-electron chi connectivity index (χ1n) is 8.36. The summed E-state index contributed by atoms with van der Waals surface area (Å²) in [5.74, 6) is 2.17. The van der Waals surface area contributed by atoms with E-state index in [1.165, 1.54) is 18.9 Å². The van der Waals surface area contributed by atoms with Gasteiger partial charge in [-0.1, -0.05) is 19.4 Å². The minimum Gasteiger partial charge on any atom is -0.489 e. The van der Waals surface area contributed by atoms with E-state index in [4.69, 9.17) is 4.74 Å². The highest BCUT2D eigenvalue weighted by Crippen LogP contribution is 2.41. The van der Waals surface area contributed by atoms with E-state index in [1.807, 2.05) is 12.1 Å². The van der Waals surface area contributed by atoms with E-state index < -0.39 is 0 Å². The average Bonchev–Trinajstić information content (AvgIpc) is 3.44. The number of ether oxygens (including phenoxy) is 1. The van der Waals surface area contributed by atoms with Crippen LogP contribution in [0.2, 0.25) is 0 Å². The lowest BCUT2D eigenvalue weighted by Gasteiger charge is -2.29. The van der Waals surface area contributed by atoms with Gasteiger partial charge in [0.25, 0.3) is 5.91 Å². The molecular formula is C18H20N4O2. The highest BCUT2D eigenvalue weighted by atomic mass is 16.5. The average molecular weight is 324 g/mol. The molecule has 1 fully saturated rings. The van der Waals surface area contributed by atoms with E-state index in [1.54, 1.807) is 11.2 Å². The number of fused-ring (bicyclic) bond motifs is 3. The van der Waals surface area contributed by atoms with Crippen molar-refractivity contribution in [2.24, 2.45) is 5.92 Å². The Morgan fingerprint density at radius 3 is 3.08 bits per heavy atom. The Hall–Kier alpha value is -2.63. The lowest BCUT2D eigenvalue weighted by molar-refractivity contribution is -0.114. The van der Waals surface area contributed by atoms with E-state index in [2.05, 4.69) is 21.9 Å². The number of rotatable bonds is 5. The van der Waals surface area contributed by atoms with Gasteiger partial charge in [0, 0.05) is 6.54 Å². The molecule has 0 bridgehead atoms. The molecule has 0 spiro atoms. The molecule has 1 aromatic heterocycles. The van der Waals surface area contributed by atoms with Gasteiger partial charge in [-0.2, -0.15) is 0 Å². The summed E-state index contributed by atoms with van der Waals surface area (Å²) >= 11 is 0. The van der Waals surface area contributed by atoms with E-state index in [-0.39, 0.29) is 5.91 Å². The zero-order valence-corrected chi connectivity index (χ0v) is 13.5. The minimum absolute atomic E-state index is 0.126. The lowest BCUT2D eigenvalue weighted by Crippen LogP contribution is -2.36. The number of nitrogens with zero attached hydrogens (tertiary/aromatic N) is 3. The zero-order chi connectivity index (χ0) is 16.5. The second-order valence-corrected chi connectivity index (χ2v) is 6.23. The van der Waals surface area contributed by atoms with Crippen molar-refractivity contribution in [2.45, 2.75) is 19.3 Å². The smallest absolute Gasteiger partial charge is 0.250 e. The fourth-order valence-corrected chi connectivity index (χ4v) is 3.10. The molecule has 1 aliphatic heterocycles. The van der Waals surface area contributed by atoms with Crippen molar-refractivity contribution in [3.63, 3.8) is 0 Å². The van der Waals surface area contributed by atoms with Crippen LogP contribution in [0.3, 0.4) is 0 Å². The predicted molar refractivity (Wildman–Crippen MR) is 93.4 cm³/mol.